The fraction of sp³-hybridized carbons (Fsp3) is 1.00. The van der Waals surface area contributed by atoms with E-state index in [0.29, 0.717) is 10.8 Å². The van der Waals surface area contributed by atoms with E-state index >= 15 is 0 Å². The Hall–Kier alpha value is -0.0400. The van der Waals surface area contributed by atoms with Crippen molar-refractivity contribution in [3.05, 3.63) is 0 Å². The summed E-state index contributed by atoms with van der Waals surface area (Å²) < 4.78 is 0. The Morgan fingerprint density at radius 2 is 1.48 bits per heavy atom. The van der Waals surface area contributed by atoms with Crippen LogP contribution in [0.15, 0.2) is 0 Å². The standard InChI is InChI=1S/C28H50O/c1-18(2)19(3)7-8-20(4)24-11-12-25-23-10-9-21-17-22(29)13-15-27(21,5)26(23)14-16-28(24,25)6/h18-26,29H,7-17H2,1-6H3/t19-,20+,21?,22-,23-,24+,25-,26-,27-,28+/m0/s1. The van der Waals surface area contributed by atoms with Crippen LogP contribution in [0.1, 0.15) is 112 Å². The molecule has 0 aliphatic heterocycles. The molecule has 1 nitrogen and oxygen atoms in total. The maximum absolute atomic E-state index is 10.3. The molecule has 4 rings (SSSR count). The van der Waals surface area contributed by atoms with Gasteiger partial charge in [-0.2, -0.15) is 0 Å². The second kappa shape index (κ2) is 8.14. The third kappa shape index (κ3) is 3.74. The lowest BCUT2D eigenvalue weighted by atomic mass is 9.44. The number of hydrogen-bond donors (Lipinski definition) is 1. The largest absolute Gasteiger partial charge is 0.393 e. The van der Waals surface area contributed by atoms with Crippen LogP contribution in [0, 0.1) is 58.2 Å². The minimum atomic E-state index is -0.0107. The quantitative estimate of drug-likeness (QED) is 0.499. The molecule has 0 amide bonds. The number of hydrogen-bond acceptors (Lipinski definition) is 1. The van der Waals surface area contributed by atoms with E-state index in [1.807, 2.05) is 0 Å². The Morgan fingerprint density at radius 3 is 2.21 bits per heavy atom. The predicted molar refractivity (Wildman–Crippen MR) is 124 cm³/mol. The summed E-state index contributed by atoms with van der Waals surface area (Å²) in [5, 5.41) is 10.3. The molecular formula is C28H50O. The lowest BCUT2D eigenvalue weighted by Gasteiger charge is -2.61. The van der Waals surface area contributed by atoms with E-state index in [2.05, 4.69) is 41.5 Å². The van der Waals surface area contributed by atoms with Gasteiger partial charge in [-0.15, -0.1) is 0 Å². The number of rotatable bonds is 5. The summed E-state index contributed by atoms with van der Waals surface area (Å²) in [4.78, 5) is 0. The highest BCUT2D eigenvalue weighted by molar-refractivity contribution is 5.09. The second-order valence-corrected chi connectivity index (χ2v) is 13.1. The van der Waals surface area contributed by atoms with Gasteiger partial charge in [-0.3, -0.25) is 0 Å². The normalized spacial score (nSPS) is 49.2. The SMILES string of the molecule is CC(C)[C@@H](C)CC[C@@H](C)[C@H]1CC[C@H]2[C@@H]3CCC4C[C@@H](O)CC[C@]4(C)[C@H]3CC[C@]12C. The van der Waals surface area contributed by atoms with E-state index in [9.17, 15) is 5.11 Å². The molecule has 0 aromatic rings. The van der Waals surface area contributed by atoms with Crippen LogP contribution in [0.3, 0.4) is 0 Å². The summed E-state index contributed by atoms with van der Waals surface area (Å²) in [6.45, 7) is 15.2. The molecule has 4 aliphatic carbocycles. The molecule has 1 heteroatoms. The second-order valence-electron chi connectivity index (χ2n) is 13.1. The van der Waals surface area contributed by atoms with E-state index in [-0.39, 0.29) is 6.10 Å². The van der Waals surface area contributed by atoms with Crippen LogP contribution in [0.5, 0.6) is 0 Å². The van der Waals surface area contributed by atoms with Gasteiger partial charge in [0.2, 0.25) is 0 Å². The molecule has 168 valence electrons. The van der Waals surface area contributed by atoms with Crippen LogP contribution in [-0.2, 0) is 0 Å². The predicted octanol–water partition coefficient (Wildman–Crippen LogP) is 7.71. The van der Waals surface area contributed by atoms with Crippen LogP contribution < -0.4 is 0 Å². The van der Waals surface area contributed by atoms with E-state index in [1.54, 1.807) is 0 Å². The zero-order chi connectivity index (χ0) is 21.0. The summed E-state index contributed by atoms with van der Waals surface area (Å²) in [6.07, 6.45) is 15.1. The van der Waals surface area contributed by atoms with Gasteiger partial charge in [0.05, 0.1) is 6.10 Å². The van der Waals surface area contributed by atoms with Gasteiger partial charge < -0.3 is 5.11 Å². The van der Waals surface area contributed by atoms with Crippen molar-refractivity contribution in [3.8, 4) is 0 Å². The number of aliphatic hydroxyl groups is 1. The van der Waals surface area contributed by atoms with Gasteiger partial charge in [-0.1, -0.05) is 54.4 Å². The summed E-state index contributed by atoms with van der Waals surface area (Å²) in [5.41, 5.74) is 1.14. The van der Waals surface area contributed by atoms with Crippen LogP contribution in [0.4, 0.5) is 0 Å². The molecule has 4 fully saturated rings. The molecule has 4 saturated carbocycles. The van der Waals surface area contributed by atoms with E-state index in [1.165, 1.54) is 57.8 Å². The van der Waals surface area contributed by atoms with Gasteiger partial charge in [0.1, 0.15) is 0 Å². The average molecular weight is 403 g/mol. The molecule has 10 atom stereocenters. The smallest absolute Gasteiger partial charge is 0.0543 e. The van der Waals surface area contributed by atoms with E-state index < -0.39 is 0 Å². The summed E-state index contributed by atoms with van der Waals surface area (Å²) in [6, 6.07) is 0. The zero-order valence-electron chi connectivity index (χ0n) is 20.4. The van der Waals surface area contributed by atoms with Crippen molar-refractivity contribution < 1.29 is 5.11 Å². The highest BCUT2D eigenvalue weighted by atomic mass is 16.3. The van der Waals surface area contributed by atoms with Crippen molar-refractivity contribution in [3.63, 3.8) is 0 Å². The maximum Gasteiger partial charge on any atom is 0.0543 e. The maximum atomic E-state index is 10.3. The van der Waals surface area contributed by atoms with Crippen LogP contribution >= 0.6 is 0 Å². The van der Waals surface area contributed by atoms with Crippen molar-refractivity contribution in [1.29, 1.82) is 0 Å². The first-order valence-corrected chi connectivity index (χ1v) is 13.3. The number of fused-ring (bicyclic) bond motifs is 5. The summed E-state index contributed by atoms with van der Waals surface area (Å²) in [7, 11) is 0. The molecule has 0 spiro atoms. The molecule has 1 N–H and O–H groups in total. The Balaban J connectivity index is 1.46. The molecule has 0 aromatic carbocycles. The molecule has 0 saturated heterocycles. The van der Waals surface area contributed by atoms with Crippen LogP contribution in [-0.4, -0.2) is 11.2 Å². The molecule has 0 radical (unpaired) electrons. The van der Waals surface area contributed by atoms with Crippen molar-refractivity contribution in [2.75, 3.05) is 0 Å². The minimum Gasteiger partial charge on any atom is -0.393 e. The minimum absolute atomic E-state index is 0.0107. The lowest BCUT2D eigenvalue weighted by Crippen LogP contribution is -2.54. The van der Waals surface area contributed by atoms with Gasteiger partial charge in [-0.05, 0) is 116 Å². The Labute approximate surface area is 181 Å². The first-order valence-electron chi connectivity index (χ1n) is 13.3. The van der Waals surface area contributed by atoms with Crippen molar-refractivity contribution in [1.82, 2.24) is 0 Å². The molecule has 0 heterocycles. The molecule has 0 bridgehead atoms. The summed E-state index contributed by atoms with van der Waals surface area (Å²) >= 11 is 0. The average Bonchev–Trinajstić information content (AvgIpc) is 3.03. The Kier molecular flexibility index (Phi) is 6.22. The monoisotopic (exact) mass is 402 g/mol. The lowest BCUT2D eigenvalue weighted by molar-refractivity contribution is -0.129. The van der Waals surface area contributed by atoms with Crippen LogP contribution in [0.25, 0.3) is 0 Å². The van der Waals surface area contributed by atoms with Gasteiger partial charge in [0, 0.05) is 0 Å². The van der Waals surface area contributed by atoms with Crippen LogP contribution in [0.2, 0.25) is 0 Å². The highest BCUT2D eigenvalue weighted by Gasteiger charge is 2.60. The molecular weight excluding hydrogens is 352 g/mol. The Bertz CT molecular complexity index is 569. The fourth-order valence-electron chi connectivity index (χ4n) is 9.27. The van der Waals surface area contributed by atoms with Gasteiger partial charge in [-0.25, -0.2) is 0 Å². The number of aliphatic hydroxyl groups excluding tert-OH is 1. The van der Waals surface area contributed by atoms with Crippen molar-refractivity contribution in [2.45, 2.75) is 118 Å². The first-order chi connectivity index (χ1) is 13.7. The molecule has 1 unspecified atom stereocenters. The van der Waals surface area contributed by atoms with Gasteiger partial charge in [0.15, 0.2) is 0 Å². The summed E-state index contributed by atoms with van der Waals surface area (Å²) in [5.74, 6) is 7.28. The molecule has 29 heavy (non-hydrogen) atoms. The molecule has 0 aromatic heterocycles. The molecule has 4 aliphatic rings. The first kappa shape index (κ1) is 22.2. The highest BCUT2D eigenvalue weighted by Crippen LogP contribution is 2.68. The van der Waals surface area contributed by atoms with Crippen molar-refractivity contribution in [2.24, 2.45) is 58.2 Å². The van der Waals surface area contributed by atoms with Gasteiger partial charge >= 0.3 is 0 Å². The van der Waals surface area contributed by atoms with E-state index in [0.717, 1.165) is 60.2 Å². The Morgan fingerprint density at radius 1 is 0.793 bits per heavy atom. The van der Waals surface area contributed by atoms with Gasteiger partial charge in [0.25, 0.3) is 0 Å². The third-order valence-electron chi connectivity index (χ3n) is 11.6. The fourth-order valence-corrected chi connectivity index (χ4v) is 9.27. The van der Waals surface area contributed by atoms with E-state index in [4.69, 9.17) is 0 Å². The van der Waals surface area contributed by atoms with Crippen molar-refractivity contribution >= 4 is 0 Å². The topological polar surface area (TPSA) is 20.2 Å². The third-order valence-corrected chi connectivity index (χ3v) is 11.6. The zero-order valence-corrected chi connectivity index (χ0v) is 20.4.